The topological polar surface area (TPSA) is 84.7 Å². The van der Waals surface area contributed by atoms with E-state index in [-0.39, 0.29) is 11.6 Å². The predicted molar refractivity (Wildman–Crippen MR) is 126 cm³/mol. The minimum Gasteiger partial charge on any atom is -0.497 e. The van der Waals surface area contributed by atoms with Gasteiger partial charge in [-0.1, -0.05) is 12.1 Å². The van der Waals surface area contributed by atoms with Crippen LogP contribution < -0.4 is 10.1 Å². The molecule has 0 spiro atoms. The van der Waals surface area contributed by atoms with Crippen LogP contribution in [0, 0.1) is 5.82 Å². The number of aryl methyl sites for hydroxylation is 2. The van der Waals surface area contributed by atoms with E-state index in [0.29, 0.717) is 23.6 Å². The number of urea groups is 1. The molecule has 2 aromatic heterocycles. The van der Waals surface area contributed by atoms with Gasteiger partial charge in [-0.05, 0) is 61.6 Å². The lowest BCUT2D eigenvalue weighted by Gasteiger charge is -2.16. The number of anilines is 1. The Morgan fingerprint density at radius 3 is 2.68 bits per heavy atom. The summed E-state index contributed by atoms with van der Waals surface area (Å²) in [4.78, 5) is 23.0. The van der Waals surface area contributed by atoms with Crippen LogP contribution in [0.4, 0.5) is 14.9 Å². The molecule has 9 heteroatoms. The van der Waals surface area contributed by atoms with Crippen molar-refractivity contribution < 1.29 is 13.9 Å². The zero-order valence-corrected chi connectivity index (χ0v) is 18.9. The maximum absolute atomic E-state index is 14.6. The highest BCUT2D eigenvalue weighted by atomic mass is 19.1. The largest absolute Gasteiger partial charge is 0.497 e. The lowest BCUT2D eigenvalue weighted by Crippen LogP contribution is -2.32. The van der Waals surface area contributed by atoms with Crippen molar-refractivity contribution in [2.75, 3.05) is 25.5 Å². The molecular formula is C25H25FN6O2. The number of fused-ring (bicyclic) bond motifs is 1. The molecule has 34 heavy (non-hydrogen) atoms. The number of aromatic nitrogens is 4. The third-order valence-electron chi connectivity index (χ3n) is 5.95. The van der Waals surface area contributed by atoms with Crippen LogP contribution in [0.5, 0.6) is 5.75 Å². The SMILES string of the molecule is COc1ccc(CCc2cnc3nc(-c4cc(NC(=O)N5CCCC5)ccc4F)cn3n2)cc1. The van der Waals surface area contributed by atoms with Gasteiger partial charge in [0, 0.05) is 24.3 Å². The molecule has 1 fully saturated rings. The van der Waals surface area contributed by atoms with E-state index in [1.165, 1.54) is 11.6 Å². The number of hydrogen-bond donors (Lipinski definition) is 1. The molecule has 8 nitrogen and oxygen atoms in total. The third-order valence-corrected chi connectivity index (χ3v) is 5.95. The monoisotopic (exact) mass is 460 g/mol. The summed E-state index contributed by atoms with van der Waals surface area (Å²) < 4.78 is 21.4. The molecule has 5 rings (SSSR count). The van der Waals surface area contributed by atoms with Crippen LogP contribution in [0.15, 0.2) is 54.9 Å². The fourth-order valence-electron chi connectivity index (χ4n) is 4.05. The highest BCUT2D eigenvalue weighted by Gasteiger charge is 2.19. The molecule has 1 N–H and O–H groups in total. The van der Waals surface area contributed by atoms with Gasteiger partial charge >= 0.3 is 6.03 Å². The van der Waals surface area contributed by atoms with Crippen molar-refractivity contribution in [3.63, 3.8) is 0 Å². The first-order valence-corrected chi connectivity index (χ1v) is 11.3. The molecule has 1 saturated heterocycles. The molecule has 0 unspecified atom stereocenters. The van der Waals surface area contributed by atoms with Gasteiger partial charge in [0.1, 0.15) is 11.6 Å². The number of amides is 2. The van der Waals surface area contributed by atoms with Gasteiger partial charge < -0.3 is 15.0 Å². The van der Waals surface area contributed by atoms with E-state index in [4.69, 9.17) is 4.74 Å². The summed E-state index contributed by atoms with van der Waals surface area (Å²) >= 11 is 0. The number of ether oxygens (including phenoxy) is 1. The van der Waals surface area contributed by atoms with E-state index in [9.17, 15) is 9.18 Å². The summed E-state index contributed by atoms with van der Waals surface area (Å²) in [5.41, 5.74) is 3.18. The number of likely N-dealkylation sites (tertiary alicyclic amines) is 1. The van der Waals surface area contributed by atoms with E-state index < -0.39 is 5.82 Å². The Hall–Kier alpha value is -4.01. The van der Waals surface area contributed by atoms with Crippen molar-refractivity contribution in [3.05, 3.63) is 71.9 Å². The summed E-state index contributed by atoms with van der Waals surface area (Å²) in [7, 11) is 1.64. The average Bonchev–Trinajstić information content (AvgIpc) is 3.54. The molecule has 1 aliphatic heterocycles. The maximum atomic E-state index is 14.6. The normalized spacial score (nSPS) is 13.4. The van der Waals surface area contributed by atoms with Crippen molar-refractivity contribution in [3.8, 4) is 17.0 Å². The van der Waals surface area contributed by atoms with E-state index in [0.717, 1.165) is 43.8 Å². The number of halogens is 1. The van der Waals surface area contributed by atoms with Gasteiger partial charge in [0.05, 0.1) is 30.9 Å². The lowest BCUT2D eigenvalue weighted by molar-refractivity contribution is 0.222. The molecule has 0 atom stereocenters. The highest BCUT2D eigenvalue weighted by molar-refractivity contribution is 5.90. The van der Waals surface area contributed by atoms with Crippen LogP contribution >= 0.6 is 0 Å². The summed E-state index contributed by atoms with van der Waals surface area (Å²) in [5, 5.41) is 7.44. The van der Waals surface area contributed by atoms with Crippen molar-refractivity contribution in [1.29, 1.82) is 0 Å². The first-order chi connectivity index (χ1) is 16.6. The molecule has 0 radical (unpaired) electrons. The van der Waals surface area contributed by atoms with Crippen molar-refractivity contribution in [2.45, 2.75) is 25.7 Å². The molecule has 2 aromatic carbocycles. The van der Waals surface area contributed by atoms with Gasteiger partial charge in [0.2, 0.25) is 0 Å². The Balaban J connectivity index is 1.33. The van der Waals surface area contributed by atoms with Gasteiger partial charge in [-0.3, -0.25) is 0 Å². The summed E-state index contributed by atoms with van der Waals surface area (Å²) in [6.07, 6.45) is 6.87. The van der Waals surface area contributed by atoms with Gasteiger partial charge in [-0.2, -0.15) is 5.10 Å². The first kappa shape index (κ1) is 21.8. The summed E-state index contributed by atoms with van der Waals surface area (Å²) in [5.74, 6) is 0.777. The van der Waals surface area contributed by atoms with Crippen molar-refractivity contribution in [1.82, 2.24) is 24.5 Å². The van der Waals surface area contributed by atoms with E-state index in [1.54, 1.807) is 41.1 Å². The standard InChI is InChI=1S/C25H25FN6O2/c1-34-20-9-5-17(6-10-20)4-7-19-15-27-24-29-23(16-32(24)30-19)21-14-18(8-11-22(21)26)28-25(33)31-12-2-3-13-31/h5-6,8-11,14-16H,2-4,7,12-13H2,1H3,(H,28,33). The fraction of sp³-hybridized carbons (Fsp3) is 0.280. The Kier molecular flexibility index (Phi) is 6.07. The molecule has 4 aromatic rings. The second-order valence-electron chi connectivity index (χ2n) is 8.29. The zero-order valence-electron chi connectivity index (χ0n) is 18.9. The molecular weight excluding hydrogens is 435 g/mol. The molecule has 2 amide bonds. The van der Waals surface area contributed by atoms with Gasteiger partial charge in [0.15, 0.2) is 0 Å². The number of benzene rings is 2. The quantitative estimate of drug-likeness (QED) is 0.462. The molecule has 0 bridgehead atoms. The zero-order chi connectivity index (χ0) is 23.5. The highest BCUT2D eigenvalue weighted by Crippen LogP contribution is 2.26. The van der Waals surface area contributed by atoms with Crippen LogP contribution in [0.3, 0.4) is 0 Å². The third kappa shape index (κ3) is 4.68. The molecule has 0 saturated carbocycles. The summed E-state index contributed by atoms with van der Waals surface area (Å²) in [6.45, 7) is 1.48. The van der Waals surface area contributed by atoms with Crippen LogP contribution in [-0.4, -0.2) is 50.7 Å². The number of imidazole rings is 1. The Morgan fingerprint density at radius 2 is 1.91 bits per heavy atom. The maximum Gasteiger partial charge on any atom is 0.321 e. The Morgan fingerprint density at radius 1 is 1.12 bits per heavy atom. The first-order valence-electron chi connectivity index (χ1n) is 11.3. The van der Waals surface area contributed by atoms with E-state index in [1.807, 2.05) is 24.3 Å². The van der Waals surface area contributed by atoms with Crippen molar-refractivity contribution in [2.24, 2.45) is 0 Å². The van der Waals surface area contributed by atoms with Gasteiger partial charge in [-0.25, -0.2) is 23.7 Å². The smallest absolute Gasteiger partial charge is 0.321 e. The summed E-state index contributed by atoms with van der Waals surface area (Å²) in [6, 6.07) is 12.2. The van der Waals surface area contributed by atoms with Crippen LogP contribution in [0.1, 0.15) is 24.1 Å². The number of carbonyl (C=O) groups is 1. The van der Waals surface area contributed by atoms with Crippen LogP contribution in [-0.2, 0) is 12.8 Å². The lowest BCUT2D eigenvalue weighted by atomic mass is 10.1. The molecule has 0 aliphatic carbocycles. The number of carbonyl (C=O) groups excluding carboxylic acids is 1. The van der Waals surface area contributed by atoms with Crippen LogP contribution in [0.25, 0.3) is 17.0 Å². The van der Waals surface area contributed by atoms with Gasteiger partial charge in [-0.15, -0.1) is 0 Å². The van der Waals surface area contributed by atoms with Gasteiger partial charge in [0.25, 0.3) is 5.78 Å². The Bertz CT molecular complexity index is 1310. The van der Waals surface area contributed by atoms with Crippen molar-refractivity contribution >= 4 is 17.5 Å². The number of nitrogens with zero attached hydrogens (tertiary/aromatic N) is 5. The van der Waals surface area contributed by atoms with E-state index >= 15 is 0 Å². The second-order valence-corrected chi connectivity index (χ2v) is 8.29. The number of rotatable bonds is 6. The predicted octanol–water partition coefficient (Wildman–Crippen LogP) is 4.35. The van der Waals surface area contributed by atoms with Crippen LogP contribution in [0.2, 0.25) is 0 Å². The Labute approximate surface area is 196 Å². The number of hydrogen-bond acceptors (Lipinski definition) is 5. The average molecular weight is 461 g/mol. The second kappa shape index (κ2) is 9.46. The fourth-order valence-corrected chi connectivity index (χ4v) is 4.05. The number of nitrogens with one attached hydrogen (secondary N) is 1. The molecule has 1 aliphatic rings. The minimum atomic E-state index is -0.428. The molecule has 174 valence electrons. The van der Waals surface area contributed by atoms with E-state index in [2.05, 4.69) is 20.4 Å². The minimum absolute atomic E-state index is 0.171. The number of methoxy groups -OCH3 is 1. The molecule has 3 heterocycles.